The molecule has 6 heteroatoms. The van der Waals surface area contributed by atoms with Gasteiger partial charge in [0.2, 0.25) is 0 Å². The Morgan fingerprint density at radius 3 is 2.47 bits per heavy atom. The van der Waals surface area contributed by atoms with Crippen LogP contribution in [0.4, 0.5) is 5.69 Å². The molecule has 6 nitrogen and oxygen atoms in total. The summed E-state index contributed by atoms with van der Waals surface area (Å²) in [5.41, 5.74) is 5.36. The first kappa shape index (κ1) is 21.4. The normalized spacial score (nSPS) is 13.6. The molecule has 5 rings (SSSR count). The Bertz CT molecular complexity index is 1410. The van der Waals surface area contributed by atoms with Gasteiger partial charge in [-0.05, 0) is 65.9 Å². The standard InChI is InChI=1S/C28H22N2O4/c31-21-13-10-18(11-14-21)16-19-12-15-23-26(22-8-4-5-9-24(22)30-27(19)23)28(33)34-17-25(32)29-20-6-2-1-3-7-20/h1-11,13-14,16,31H,12,15,17H2,(H,29,32). The Morgan fingerprint density at radius 1 is 0.941 bits per heavy atom. The highest BCUT2D eigenvalue weighted by Gasteiger charge is 2.28. The van der Waals surface area contributed by atoms with E-state index < -0.39 is 11.9 Å². The maximum absolute atomic E-state index is 13.2. The number of para-hydroxylation sites is 2. The van der Waals surface area contributed by atoms with Crippen LogP contribution in [0.3, 0.4) is 0 Å². The van der Waals surface area contributed by atoms with Gasteiger partial charge in [0, 0.05) is 11.1 Å². The van der Waals surface area contributed by atoms with Crippen molar-refractivity contribution in [3.05, 3.63) is 101 Å². The smallest absolute Gasteiger partial charge is 0.339 e. The van der Waals surface area contributed by atoms with Crippen LogP contribution in [0.1, 0.15) is 33.6 Å². The number of phenols is 1. The molecule has 4 aromatic rings. The van der Waals surface area contributed by atoms with Crippen molar-refractivity contribution in [3.8, 4) is 5.75 Å². The lowest BCUT2D eigenvalue weighted by Crippen LogP contribution is -2.21. The number of nitrogens with zero attached hydrogens (tertiary/aromatic N) is 1. The van der Waals surface area contributed by atoms with E-state index in [1.54, 1.807) is 24.3 Å². The number of nitrogens with one attached hydrogen (secondary N) is 1. The van der Waals surface area contributed by atoms with Crippen LogP contribution in [0.25, 0.3) is 22.6 Å². The minimum atomic E-state index is -0.538. The van der Waals surface area contributed by atoms with Gasteiger partial charge in [-0.1, -0.05) is 48.5 Å². The fourth-order valence-corrected chi connectivity index (χ4v) is 4.21. The first-order valence-corrected chi connectivity index (χ1v) is 11.0. The minimum absolute atomic E-state index is 0.208. The largest absolute Gasteiger partial charge is 0.508 e. The molecule has 0 saturated heterocycles. The number of rotatable bonds is 5. The lowest BCUT2D eigenvalue weighted by atomic mass is 10.0. The van der Waals surface area contributed by atoms with E-state index in [4.69, 9.17) is 9.72 Å². The van der Waals surface area contributed by atoms with Crippen molar-refractivity contribution in [2.24, 2.45) is 0 Å². The summed E-state index contributed by atoms with van der Waals surface area (Å²) in [6, 6.07) is 23.4. The van der Waals surface area contributed by atoms with Crippen LogP contribution in [0.15, 0.2) is 78.9 Å². The molecule has 168 valence electrons. The number of carbonyl (C=O) groups excluding carboxylic acids is 2. The van der Waals surface area contributed by atoms with Gasteiger partial charge in [-0.2, -0.15) is 0 Å². The highest BCUT2D eigenvalue weighted by molar-refractivity contribution is 6.08. The van der Waals surface area contributed by atoms with E-state index in [1.165, 1.54) is 0 Å². The molecule has 0 bridgehead atoms. The molecule has 1 amide bonds. The summed E-state index contributed by atoms with van der Waals surface area (Å²) in [6.07, 6.45) is 3.40. The average molecular weight is 450 g/mol. The second-order valence-corrected chi connectivity index (χ2v) is 8.08. The lowest BCUT2D eigenvalue weighted by Gasteiger charge is -2.12. The van der Waals surface area contributed by atoms with Crippen molar-refractivity contribution in [1.82, 2.24) is 4.98 Å². The summed E-state index contributed by atoms with van der Waals surface area (Å²) in [7, 11) is 0. The Morgan fingerprint density at radius 2 is 1.68 bits per heavy atom. The third-order valence-corrected chi connectivity index (χ3v) is 5.77. The molecule has 2 N–H and O–H groups in total. The summed E-state index contributed by atoms with van der Waals surface area (Å²) >= 11 is 0. The van der Waals surface area contributed by atoms with Crippen LogP contribution in [-0.4, -0.2) is 28.6 Å². The Balaban J connectivity index is 1.45. The first-order chi connectivity index (χ1) is 16.6. The van der Waals surface area contributed by atoms with Gasteiger partial charge >= 0.3 is 5.97 Å². The fraction of sp³-hybridized carbons (Fsp3) is 0.107. The summed E-state index contributed by atoms with van der Waals surface area (Å²) in [4.78, 5) is 30.3. The predicted octanol–water partition coefficient (Wildman–Crippen LogP) is 5.22. The van der Waals surface area contributed by atoms with Gasteiger partial charge in [0.1, 0.15) is 5.75 Å². The van der Waals surface area contributed by atoms with Crippen molar-refractivity contribution in [3.63, 3.8) is 0 Å². The zero-order chi connectivity index (χ0) is 23.5. The van der Waals surface area contributed by atoms with Crippen molar-refractivity contribution in [1.29, 1.82) is 0 Å². The SMILES string of the molecule is O=C(COC(=O)c1c2c(nc3ccccc13)C(=Cc1ccc(O)cc1)CC2)Nc1ccccc1. The number of aromatic hydroxyl groups is 1. The highest BCUT2D eigenvalue weighted by atomic mass is 16.5. The van der Waals surface area contributed by atoms with Crippen LogP contribution in [0, 0.1) is 0 Å². The Kier molecular flexibility index (Phi) is 5.79. The van der Waals surface area contributed by atoms with Gasteiger partial charge in [0.05, 0.1) is 16.8 Å². The second-order valence-electron chi connectivity index (χ2n) is 8.08. The predicted molar refractivity (Wildman–Crippen MR) is 131 cm³/mol. The number of hydrogen-bond donors (Lipinski definition) is 2. The molecule has 0 spiro atoms. The number of benzene rings is 3. The lowest BCUT2D eigenvalue weighted by molar-refractivity contribution is -0.119. The summed E-state index contributed by atoms with van der Waals surface area (Å²) in [5.74, 6) is -0.731. The molecule has 1 aliphatic carbocycles. The Hall–Kier alpha value is -4.45. The zero-order valence-electron chi connectivity index (χ0n) is 18.3. The molecular weight excluding hydrogens is 428 g/mol. The van der Waals surface area contributed by atoms with E-state index in [2.05, 4.69) is 5.32 Å². The van der Waals surface area contributed by atoms with Crippen LogP contribution in [-0.2, 0) is 16.0 Å². The number of fused-ring (bicyclic) bond motifs is 2. The quantitative estimate of drug-likeness (QED) is 0.407. The molecular formula is C28H22N2O4. The molecule has 0 atom stereocenters. The van der Waals surface area contributed by atoms with Crippen LogP contribution in [0.2, 0.25) is 0 Å². The van der Waals surface area contributed by atoms with E-state index in [9.17, 15) is 14.7 Å². The number of pyridine rings is 1. The molecule has 1 aromatic heterocycles. The summed E-state index contributed by atoms with van der Waals surface area (Å²) < 4.78 is 5.44. The molecule has 0 unspecified atom stereocenters. The number of hydrogen-bond acceptors (Lipinski definition) is 5. The fourth-order valence-electron chi connectivity index (χ4n) is 4.21. The molecule has 0 radical (unpaired) electrons. The molecule has 3 aromatic carbocycles. The van der Waals surface area contributed by atoms with Crippen molar-refractivity contribution in [2.45, 2.75) is 12.8 Å². The monoisotopic (exact) mass is 450 g/mol. The highest BCUT2D eigenvalue weighted by Crippen LogP contribution is 2.37. The van der Waals surface area contributed by atoms with Crippen LogP contribution in [0.5, 0.6) is 5.75 Å². The third kappa shape index (κ3) is 4.38. The van der Waals surface area contributed by atoms with E-state index in [0.29, 0.717) is 28.6 Å². The Labute approximate surface area is 196 Å². The van der Waals surface area contributed by atoms with Gasteiger partial charge in [-0.3, -0.25) is 4.79 Å². The van der Waals surface area contributed by atoms with Crippen molar-refractivity contribution in [2.75, 3.05) is 11.9 Å². The van der Waals surface area contributed by atoms with Crippen molar-refractivity contribution >= 4 is 40.1 Å². The van der Waals surface area contributed by atoms with E-state index >= 15 is 0 Å². The van der Waals surface area contributed by atoms with Gasteiger partial charge in [-0.25, -0.2) is 9.78 Å². The van der Waals surface area contributed by atoms with Gasteiger partial charge in [0.25, 0.3) is 5.91 Å². The number of esters is 1. The minimum Gasteiger partial charge on any atom is -0.508 e. The van der Waals surface area contributed by atoms with Gasteiger partial charge in [0.15, 0.2) is 6.61 Å². The number of amides is 1. The number of anilines is 1. The summed E-state index contributed by atoms with van der Waals surface area (Å²) in [5, 5.41) is 13.0. The van der Waals surface area contributed by atoms with E-state index in [-0.39, 0.29) is 12.4 Å². The number of phenolic OH excluding ortho intramolecular Hbond substituents is 1. The van der Waals surface area contributed by atoms with Crippen LogP contribution >= 0.6 is 0 Å². The molecule has 0 fully saturated rings. The number of carbonyl (C=O) groups is 2. The topological polar surface area (TPSA) is 88.5 Å². The maximum Gasteiger partial charge on any atom is 0.339 e. The average Bonchev–Trinajstić information content (AvgIpc) is 3.25. The zero-order valence-corrected chi connectivity index (χ0v) is 18.3. The number of allylic oxidation sites excluding steroid dienone is 1. The second kappa shape index (κ2) is 9.19. The third-order valence-electron chi connectivity index (χ3n) is 5.77. The molecule has 0 aliphatic heterocycles. The molecule has 34 heavy (non-hydrogen) atoms. The first-order valence-electron chi connectivity index (χ1n) is 11.0. The number of aromatic nitrogens is 1. The van der Waals surface area contributed by atoms with Crippen LogP contribution < -0.4 is 5.32 Å². The van der Waals surface area contributed by atoms with Gasteiger partial charge < -0.3 is 15.2 Å². The summed E-state index contributed by atoms with van der Waals surface area (Å²) in [6.45, 7) is -0.380. The van der Waals surface area contributed by atoms with E-state index in [1.807, 2.05) is 60.7 Å². The molecule has 1 heterocycles. The molecule has 0 saturated carbocycles. The number of ether oxygens (including phenoxy) is 1. The maximum atomic E-state index is 13.2. The molecule has 1 aliphatic rings. The van der Waals surface area contributed by atoms with E-state index in [0.717, 1.165) is 28.8 Å². The van der Waals surface area contributed by atoms with Gasteiger partial charge in [-0.15, -0.1) is 0 Å². The van der Waals surface area contributed by atoms with Crippen molar-refractivity contribution < 1.29 is 19.4 Å².